The summed E-state index contributed by atoms with van der Waals surface area (Å²) in [6, 6.07) is 1.80. The second kappa shape index (κ2) is 6.19. The summed E-state index contributed by atoms with van der Waals surface area (Å²) in [7, 11) is 0. The number of hydrogen-bond acceptors (Lipinski definition) is 3. The average Bonchev–Trinajstić information content (AvgIpc) is 2.68. The summed E-state index contributed by atoms with van der Waals surface area (Å²) >= 11 is 1.27. The van der Waals surface area contributed by atoms with E-state index in [4.69, 9.17) is 16.3 Å². The van der Waals surface area contributed by atoms with Crippen molar-refractivity contribution in [3.05, 3.63) is 15.8 Å². The highest BCUT2D eigenvalue weighted by Crippen LogP contribution is 2.29. The molecule has 0 aromatic carbocycles. The van der Waals surface area contributed by atoms with Gasteiger partial charge in [0.2, 0.25) is 0 Å². The lowest BCUT2D eigenvalue weighted by molar-refractivity contribution is 0.0698. The summed E-state index contributed by atoms with van der Waals surface area (Å²) in [6.45, 7) is 2.45. The second-order valence-corrected chi connectivity index (χ2v) is 4.36. The van der Waals surface area contributed by atoms with Gasteiger partial charge in [-0.05, 0) is 18.9 Å². The molecule has 0 atom stereocenters. The van der Waals surface area contributed by atoms with Crippen LogP contribution in [0, 0.1) is 12.3 Å². The molecule has 0 bridgehead atoms. The van der Waals surface area contributed by atoms with E-state index in [1.54, 1.807) is 6.07 Å². The topological polar surface area (TPSA) is 46.5 Å². The maximum atomic E-state index is 10.9. The van der Waals surface area contributed by atoms with Crippen molar-refractivity contribution in [1.82, 2.24) is 0 Å². The quantitative estimate of drug-likeness (QED) is 0.612. The number of hydrogen-bond donors (Lipinski definition) is 1. The molecule has 4 heteroatoms. The average molecular weight is 238 g/mol. The molecule has 1 aromatic rings. The van der Waals surface area contributed by atoms with Crippen molar-refractivity contribution >= 4 is 17.3 Å². The van der Waals surface area contributed by atoms with Crippen LogP contribution < -0.4 is 4.74 Å². The summed E-state index contributed by atoms with van der Waals surface area (Å²) in [5.74, 6) is 2.04. The Morgan fingerprint density at radius 3 is 3.00 bits per heavy atom. The minimum absolute atomic E-state index is 0.276. The van der Waals surface area contributed by atoms with Crippen molar-refractivity contribution < 1.29 is 14.6 Å². The molecule has 0 aliphatic rings. The molecule has 1 heterocycles. The van der Waals surface area contributed by atoms with E-state index in [0.29, 0.717) is 18.8 Å². The van der Waals surface area contributed by atoms with Crippen LogP contribution in [-0.4, -0.2) is 17.7 Å². The maximum Gasteiger partial charge on any atom is 0.349 e. The van der Waals surface area contributed by atoms with Gasteiger partial charge in [0.25, 0.3) is 0 Å². The highest BCUT2D eigenvalue weighted by atomic mass is 32.1. The summed E-state index contributed by atoms with van der Waals surface area (Å²) in [6.07, 6.45) is 7.32. The number of aromatic carboxylic acids is 1. The molecule has 0 aliphatic carbocycles. The van der Waals surface area contributed by atoms with Crippen LogP contribution in [0.15, 0.2) is 6.07 Å². The molecule has 1 rings (SSSR count). The minimum Gasteiger partial charge on any atom is -0.492 e. The Morgan fingerprint density at radius 1 is 1.69 bits per heavy atom. The SMILES string of the molecule is C#CCCCOc1cc(CC)sc1C(=O)O. The van der Waals surface area contributed by atoms with Crippen molar-refractivity contribution in [3.63, 3.8) is 0 Å². The highest BCUT2D eigenvalue weighted by molar-refractivity contribution is 7.14. The minimum atomic E-state index is -0.934. The van der Waals surface area contributed by atoms with Crippen LogP contribution in [0.25, 0.3) is 0 Å². The van der Waals surface area contributed by atoms with Gasteiger partial charge in [0.05, 0.1) is 6.61 Å². The number of thiophene rings is 1. The van der Waals surface area contributed by atoms with E-state index in [0.717, 1.165) is 17.7 Å². The zero-order valence-corrected chi connectivity index (χ0v) is 9.97. The smallest absolute Gasteiger partial charge is 0.349 e. The number of ether oxygens (including phenoxy) is 1. The van der Waals surface area contributed by atoms with E-state index in [2.05, 4.69) is 5.92 Å². The maximum absolute atomic E-state index is 10.9. The summed E-state index contributed by atoms with van der Waals surface area (Å²) in [5.41, 5.74) is 0. The van der Waals surface area contributed by atoms with Gasteiger partial charge < -0.3 is 9.84 Å². The Hall–Kier alpha value is -1.47. The van der Waals surface area contributed by atoms with Gasteiger partial charge in [-0.15, -0.1) is 23.7 Å². The monoisotopic (exact) mass is 238 g/mol. The fourth-order valence-electron chi connectivity index (χ4n) is 1.21. The van der Waals surface area contributed by atoms with Gasteiger partial charge in [0.15, 0.2) is 4.88 Å². The Bertz CT molecular complexity index is 401. The van der Waals surface area contributed by atoms with Crippen LogP contribution in [0.1, 0.15) is 34.3 Å². The molecule has 1 aromatic heterocycles. The van der Waals surface area contributed by atoms with Crippen LogP contribution >= 0.6 is 11.3 Å². The number of unbranched alkanes of at least 4 members (excludes halogenated alkanes) is 1. The van der Waals surface area contributed by atoms with Crippen molar-refractivity contribution in [2.24, 2.45) is 0 Å². The predicted octanol–water partition coefficient (Wildman–Crippen LogP) is 2.80. The third-order valence-corrected chi connectivity index (χ3v) is 3.26. The molecular formula is C12H14O3S. The molecule has 0 spiro atoms. The zero-order valence-electron chi connectivity index (χ0n) is 9.16. The van der Waals surface area contributed by atoms with Crippen LogP contribution in [0.5, 0.6) is 5.75 Å². The molecule has 0 saturated heterocycles. The molecule has 0 unspecified atom stereocenters. The Kier molecular flexibility index (Phi) is 4.87. The lowest BCUT2D eigenvalue weighted by Crippen LogP contribution is -2.01. The lowest BCUT2D eigenvalue weighted by atomic mass is 10.3. The standard InChI is InChI=1S/C12H14O3S/c1-3-5-6-7-15-10-8-9(4-2)16-11(10)12(13)14/h1,8H,4-7H2,2H3,(H,13,14). The fraction of sp³-hybridized carbons (Fsp3) is 0.417. The molecule has 3 nitrogen and oxygen atoms in total. The predicted molar refractivity (Wildman–Crippen MR) is 64.2 cm³/mol. The first-order valence-corrected chi connectivity index (χ1v) is 5.93. The summed E-state index contributed by atoms with van der Waals surface area (Å²) in [5, 5.41) is 8.98. The van der Waals surface area contributed by atoms with E-state index in [1.165, 1.54) is 11.3 Å². The second-order valence-electron chi connectivity index (χ2n) is 3.22. The van der Waals surface area contributed by atoms with Crippen LogP contribution in [0.3, 0.4) is 0 Å². The number of carbonyl (C=O) groups is 1. The van der Waals surface area contributed by atoms with Crippen molar-refractivity contribution in [2.75, 3.05) is 6.61 Å². The Labute approximate surface area is 99.1 Å². The molecule has 0 fully saturated rings. The van der Waals surface area contributed by atoms with Gasteiger partial charge in [-0.1, -0.05) is 6.92 Å². The van der Waals surface area contributed by atoms with E-state index in [9.17, 15) is 4.79 Å². The third kappa shape index (κ3) is 3.28. The first kappa shape index (κ1) is 12.6. The van der Waals surface area contributed by atoms with Crippen molar-refractivity contribution in [2.45, 2.75) is 26.2 Å². The van der Waals surface area contributed by atoms with Crippen LogP contribution in [0.2, 0.25) is 0 Å². The van der Waals surface area contributed by atoms with E-state index in [1.807, 2.05) is 6.92 Å². The zero-order chi connectivity index (χ0) is 12.0. The van der Waals surface area contributed by atoms with E-state index in [-0.39, 0.29) is 4.88 Å². The van der Waals surface area contributed by atoms with Gasteiger partial charge in [-0.2, -0.15) is 0 Å². The third-order valence-electron chi connectivity index (χ3n) is 2.01. The molecule has 16 heavy (non-hydrogen) atoms. The van der Waals surface area contributed by atoms with Gasteiger partial charge in [-0.3, -0.25) is 0 Å². The highest BCUT2D eigenvalue weighted by Gasteiger charge is 2.15. The van der Waals surface area contributed by atoms with Gasteiger partial charge in [-0.25, -0.2) is 4.79 Å². The molecule has 0 amide bonds. The fourth-order valence-corrected chi connectivity index (χ4v) is 2.09. The number of terminal acetylenes is 1. The molecule has 1 N–H and O–H groups in total. The normalized spacial score (nSPS) is 9.75. The van der Waals surface area contributed by atoms with Crippen molar-refractivity contribution in [1.29, 1.82) is 0 Å². The van der Waals surface area contributed by atoms with Gasteiger partial charge in [0, 0.05) is 11.3 Å². The number of carboxylic acid groups (broad SMARTS) is 1. The molecule has 86 valence electrons. The lowest BCUT2D eigenvalue weighted by Gasteiger charge is -2.03. The Morgan fingerprint density at radius 2 is 2.44 bits per heavy atom. The number of aryl methyl sites for hydroxylation is 1. The summed E-state index contributed by atoms with van der Waals surface area (Å²) in [4.78, 5) is 12.2. The van der Waals surface area contributed by atoms with Crippen LogP contribution in [-0.2, 0) is 6.42 Å². The largest absolute Gasteiger partial charge is 0.492 e. The number of carboxylic acids is 1. The van der Waals surface area contributed by atoms with Crippen molar-refractivity contribution in [3.8, 4) is 18.1 Å². The molecular weight excluding hydrogens is 224 g/mol. The first-order valence-electron chi connectivity index (χ1n) is 5.11. The van der Waals surface area contributed by atoms with E-state index >= 15 is 0 Å². The van der Waals surface area contributed by atoms with Gasteiger partial charge in [0.1, 0.15) is 5.75 Å². The van der Waals surface area contributed by atoms with E-state index < -0.39 is 5.97 Å². The Balaban J connectivity index is 2.66. The molecule has 0 aliphatic heterocycles. The van der Waals surface area contributed by atoms with Gasteiger partial charge >= 0.3 is 5.97 Å². The first-order chi connectivity index (χ1) is 7.69. The molecule has 0 radical (unpaired) electrons. The molecule has 0 saturated carbocycles. The summed E-state index contributed by atoms with van der Waals surface area (Å²) < 4.78 is 5.42. The number of rotatable bonds is 6. The van der Waals surface area contributed by atoms with Crippen LogP contribution in [0.4, 0.5) is 0 Å².